The smallest absolute Gasteiger partial charge is 0.306 e. The van der Waals surface area contributed by atoms with Crippen molar-refractivity contribution in [3.63, 3.8) is 0 Å². The Balaban J connectivity index is 1.40. The average molecular weight is 579 g/mol. The van der Waals surface area contributed by atoms with Crippen molar-refractivity contribution in [2.45, 2.75) is 44.4 Å². The first kappa shape index (κ1) is 24.2. The fourth-order valence-corrected chi connectivity index (χ4v) is 6.20. The van der Waals surface area contributed by atoms with Gasteiger partial charge in [0.25, 0.3) is 0 Å². The molecule has 0 N–H and O–H groups in total. The highest BCUT2D eigenvalue weighted by molar-refractivity contribution is 9.10. The molecule has 0 bridgehead atoms. The number of ether oxygens (including phenoxy) is 1. The molecule has 3 aliphatic heterocycles. The van der Waals surface area contributed by atoms with Crippen molar-refractivity contribution >= 4 is 38.9 Å². The van der Waals surface area contributed by atoms with Gasteiger partial charge in [-0.2, -0.15) is 5.10 Å². The molecule has 2 atom stereocenters. The van der Waals surface area contributed by atoms with E-state index in [4.69, 9.17) is 9.84 Å². The van der Waals surface area contributed by atoms with E-state index in [1.54, 1.807) is 4.90 Å². The second-order valence-corrected chi connectivity index (χ2v) is 12.3. The summed E-state index contributed by atoms with van der Waals surface area (Å²) in [4.78, 5) is 16.5. The second kappa shape index (κ2) is 8.55. The van der Waals surface area contributed by atoms with Gasteiger partial charge in [0.05, 0.1) is 23.0 Å². The van der Waals surface area contributed by atoms with Crippen molar-refractivity contribution in [1.29, 1.82) is 0 Å². The molecule has 6 heteroatoms. The van der Waals surface area contributed by atoms with Crippen LogP contribution in [0.15, 0.2) is 107 Å². The van der Waals surface area contributed by atoms with E-state index < -0.39 is 5.72 Å². The van der Waals surface area contributed by atoms with Gasteiger partial charge in [-0.15, -0.1) is 0 Å². The van der Waals surface area contributed by atoms with Gasteiger partial charge in [-0.25, -0.2) is 5.01 Å². The molecule has 1 spiro atoms. The summed E-state index contributed by atoms with van der Waals surface area (Å²) in [5.41, 5.74) is 5.27. The van der Waals surface area contributed by atoms with Gasteiger partial charge in [-0.3, -0.25) is 9.69 Å². The van der Waals surface area contributed by atoms with E-state index in [0.717, 1.165) is 44.0 Å². The van der Waals surface area contributed by atoms with Crippen molar-refractivity contribution in [2.24, 2.45) is 5.10 Å². The van der Waals surface area contributed by atoms with Crippen LogP contribution in [0.25, 0.3) is 0 Å². The molecule has 0 radical (unpaired) electrons. The maximum atomic E-state index is 14.7. The second-order valence-electron chi connectivity index (χ2n) is 11.4. The molecule has 0 aliphatic carbocycles. The summed E-state index contributed by atoms with van der Waals surface area (Å²) in [5.74, 6) is 0.562. The molecule has 3 heterocycles. The van der Waals surface area contributed by atoms with Crippen LogP contribution in [-0.4, -0.2) is 16.6 Å². The highest BCUT2D eigenvalue weighted by Gasteiger charge is 2.63. The first-order chi connectivity index (χ1) is 18.8. The summed E-state index contributed by atoms with van der Waals surface area (Å²) in [6, 6.07) is 32.3. The number of rotatable bonds is 2. The minimum Gasteiger partial charge on any atom is -0.453 e. The Morgan fingerprint density at radius 3 is 2.33 bits per heavy atom. The monoisotopic (exact) mass is 577 g/mol. The van der Waals surface area contributed by atoms with Gasteiger partial charge in [0.15, 0.2) is 0 Å². The number of carbonyl (C=O) groups is 1. The normalized spacial score (nSPS) is 21.4. The maximum absolute atomic E-state index is 14.7. The topological polar surface area (TPSA) is 45.1 Å². The molecule has 0 unspecified atom stereocenters. The third kappa shape index (κ3) is 3.58. The molecule has 1 amide bonds. The number of benzene rings is 4. The van der Waals surface area contributed by atoms with E-state index in [9.17, 15) is 4.79 Å². The number of hydrogen-bond donors (Lipinski definition) is 0. The SMILES string of the molecule is CC(C)(C)c1ccc(N2C(=O)[C@@]3(Oc4ccccc4[C@H]4CC(c5ccc(Br)cc5)=NN43)c3ccccc32)cc1. The lowest BCUT2D eigenvalue weighted by Crippen LogP contribution is -2.56. The number of para-hydroxylation sites is 2. The van der Waals surface area contributed by atoms with Crippen molar-refractivity contribution in [2.75, 3.05) is 4.90 Å². The van der Waals surface area contributed by atoms with E-state index >= 15 is 0 Å². The van der Waals surface area contributed by atoms with Crippen molar-refractivity contribution < 1.29 is 9.53 Å². The minimum atomic E-state index is -1.41. The molecule has 5 nitrogen and oxygen atoms in total. The van der Waals surface area contributed by atoms with E-state index in [-0.39, 0.29) is 17.4 Å². The van der Waals surface area contributed by atoms with Gasteiger partial charge in [0.2, 0.25) is 0 Å². The predicted octanol–water partition coefficient (Wildman–Crippen LogP) is 7.82. The van der Waals surface area contributed by atoms with Gasteiger partial charge in [-0.05, 0) is 52.9 Å². The van der Waals surface area contributed by atoms with Crippen molar-refractivity contribution in [1.82, 2.24) is 5.01 Å². The van der Waals surface area contributed by atoms with Gasteiger partial charge in [-0.1, -0.05) is 97.4 Å². The number of fused-ring (bicyclic) bond motifs is 6. The highest BCUT2D eigenvalue weighted by Crippen LogP contribution is 2.56. The summed E-state index contributed by atoms with van der Waals surface area (Å²) >= 11 is 3.53. The zero-order valence-electron chi connectivity index (χ0n) is 22.1. The van der Waals surface area contributed by atoms with Crippen LogP contribution in [0.3, 0.4) is 0 Å². The van der Waals surface area contributed by atoms with E-state index in [1.165, 1.54) is 5.56 Å². The van der Waals surface area contributed by atoms with Crippen LogP contribution >= 0.6 is 15.9 Å². The average Bonchev–Trinajstić information content (AvgIpc) is 3.48. The first-order valence-electron chi connectivity index (χ1n) is 13.2. The Kier molecular flexibility index (Phi) is 5.30. The zero-order valence-corrected chi connectivity index (χ0v) is 23.6. The van der Waals surface area contributed by atoms with Crippen LogP contribution in [0.1, 0.15) is 55.5 Å². The Labute approximate surface area is 236 Å². The number of anilines is 2. The number of amides is 1. The molecule has 0 fully saturated rings. The molecule has 0 aromatic heterocycles. The molecule has 0 saturated heterocycles. The molecule has 3 aliphatic rings. The lowest BCUT2D eigenvalue weighted by Gasteiger charge is -2.44. The molecule has 194 valence electrons. The van der Waals surface area contributed by atoms with Crippen LogP contribution in [0, 0.1) is 0 Å². The van der Waals surface area contributed by atoms with Gasteiger partial charge >= 0.3 is 11.6 Å². The summed E-state index contributed by atoms with van der Waals surface area (Å²) in [7, 11) is 0. The van der Waals surface area contributed by atoms with Crippen LogP contribution < -0.4 is 9.64 Å². The number of carbonyl (C=O) groups excluding carboxylic acids is 1. The molecule has 7 rings (SSSR count). The minimum absolute atomic E-state index is 0.0176. The maximum Gasteiger partial charge on any atom is 0.306 e. The Morgan fingerprint density at radius 1 is 0.897 bits per heavy atom. The Hall–Kier alpha value is -3.90. The predicted molar refractivity (Wildman–Crippen MR) is 157 cm³/mol. The van der Waals surface area contributed by atoms with Gasteiger partial charge in [0.1, 0.15) is 5.75 Å². The van der Waals surface area contributed by atoms with E-state index in [2.05, 4.69) is 67.0 Å². The molecule has 4 aromatic rings. The Morgan fingerprint density at radius 2 is 1.59 bits per heavy atom. The molecule has 0 saturated carbocycles. The third-order valence-electron chi connectivity index (χ3n) is 7.94. The lowest BCUT2D eigenvalue weighted by atomic mass is 9.87. The van der Waals surface area contributed by atoms with Crippen molar-refractivity contribution in [3.8, 4) is 5.75 Å². The molecule has 4 aromatic carbocycles. The summed E-state index contributed by atoms with van der Waals surface area (Å²) in [6.07, 6.45) is 0.680. The summed E-state index contributed by atoms with van der Waals surface area (Å²) in [6.45, 7) is 6.57. The fraction of sp³-hybridized carbons (Fsp3) is 0.212. The highest BCUT2D eigenvalue weighted by atomic mass is 79.9. The van der Waals surface area contributed by atoms with E-state index in [0.29, 0.717) is 6.42 Å². The van der Waals surface area contributed by atoms with E-state index in [1.807, 2.05) is 71.7 Å². The first-order valence-corrected chi connectivity index (χ1v) is 14.0. The number of hydrazone groups is 1. The summed E-state index contributed by atoms with van der Waals surface area (Å²) < 4.78 is 7.80. The largest absolute Gasteiger partial charge is 0.453 e. The zero-order chi connectivity index (χ0) is 26.9. The number of nitrogens with zero attached hydrogens (tertiary/aromatic N) is 3. The molecular weight excluding hydrogens is 550 g/mol. The quantitative estimate of drug-likeness (QED) is 0.244. The van der Waals surface area contributed by atoms with Gasteiger partial charge in [0, 0.05) is 22.1 Å². The third-order valence-corrected chi connectivity index (χ3v) is 8.47. The van der Waals surface area contributed by atoms with Crippen LogP contribution in [0.5, 0.6) is 5.75 Å². The number of halogens is 1. The van der Waals surface area contributed by atoms with Crippen LogP contribution in [0.2, 0.25) is 0 Å². The van der Waals surface area contributed by atoms with Crippen LogP contribution in [-0.2, 0) is 15.9 Å². The van der Waals surface area contributed by atoms with Crippen LogP contribution in [0.4, 0.5) is 11.4 Å². The standard InChI is InChI=1S/C33H28BrN3O2/c1-32(2,3)22-14-18-24(19-15-22)36-28-10-6-5-9-26(28)33(31(36)38)37-29(25-8-4-7-11-30(25)39-33)20-27(35-37)21-12-16-23(34)17-13-21/h4-19,29H,20H2,1-3H3/t29-,33+/m1/s1. The molecular formula is C33H28BrN3O2. The molecule has 39 heavy (non-hydrogen) atoms. The lowest BCUT2D eigenvalue weighted by molar-refractivity contribution is -0.163. The van der Waals surface area contributed by atoms with Gasteiger partial charge < -0.3 is 4.74 Å². The fourth-order valence-electron chi connectivity index (χ4n) is 5.93. The van der Waals surface area contributed by atoms with Crippen molar-refractivity contribution in [3.05, 3.63) is 124 Å². The Bertz CT molecular complexity index is 1640. The summed E-state index contributed by atoms with van der Waals surface area (Å²) in [5, 5.41) is 7.04. The number of hydrogen-bond acceptors (Lipinski definition) is 4.